The molecule has 2 heteroatoms. The van der Waals surface area contributed by atoms with Crippen LogP contribution in [0.5, 0.6) is 0 Å². The number of benzene rings is 1. The van der Waals surface area contributed by atoms with Crippen LogP contribution in [-0.2, 0) is 0 Å². The lowest BCUT2D eigenvalue weighted by atomic mass is 10.1. The molecule has 1 unspecified atom stereocenters. The van der Waals surface area contributed by atoms with Crippen molar-refractivity contribution in [1.29, 1.82) is 0 Å². The molecule has 0 bridgehead atoms. The van der Waals surface area contributed by atoms with Crippen molar-refractivity contribution in [3.63, 3.8) is 0 Å². The molecule has 1 nitrogen and oxygen atoms in total. The molecule has 13 heavy (non-hydrogen) atoms. The van der Waals surface area contributed by atoms with Crippen molar-refractivity contribution >= 4 is 15.9 Å². The molecule has 0 aromatic heterocycles. The summed E-state index contributed by atoms with van der Waals surface area (Å²) in [5.41, 5.74) is 2.48. The van der Waals surface area contributed by atoms with E-state index in [4.69, 9.17) is 0 Å². The lowest BCUT2D eigenvalue weighted by Gasteiger charge is -2.12. The summed E-state index contributed by atoms with van der Waals surface area (Å²) in [5, 5.41) is 3.18. The minimum absolute atomic E-state index is 0.233. The van der Waals surface area contributed by atoms with Crippen LogP contribution in [0.25, 0.3) is 0 Å². The van der Waals surface area contributed by atoms with Crippen LogP contribution < -0.4 is 5.32 Å². The van der Waals surface area contributed by atoms with Gasteiger partial charge in [-0.2, -0.15) is 0 Å². The fraction of sp³-hybridized carbons (Fsp3) is 0.273. The molecule has 0 aliphatic rings. The van der Waals surface area contributed by atoms with E-state index in [-0.39, 0.29) is 6.04 Å². The SMILES string of the molecule is C=CC(NC)c1ccc(C)c(Br)c1. The smallest absolute Gasteiger partial charge is 0.0501 e. The van der Waals surface area contributed by atoms with E-state index in [0.29, 0.717) is 0 Å². The third-order valence-electron chi connectivity index (χ3n) is 2.10. The Bertz CT molecular complexity index is 307. The Hall–Kier alpha value is -0.600. The van der Waals surface area contributed by atoms with Gasteiger partial charge in [-0.1, -0.05) is 34.1 Å². The van der Waals surface area contributed by atoms with Gasteiger partial charge in [0.05, 0.1) is 6.04 Å². The Morgan fingerprint density at radius 3 is 2.69 bits per heavy atom. The molecule has 1 aromatic carbocycles. The molecule has 0 amide bonds. The summed E-state index contributed by atoms with van der Waals surface area (Å²) in [7, 11) is 1.93. The lowest BCUT2D eigenvalue weighted by molar-refractivity contribution is 0.715. The van der Waals surface area contributed by atoms with Crippen LogP contribution in [0.3, 0.4) is 0 Å². The molecule has 0 saturated carbocycles. The highest BCUT2D eigenvalue weighted by Crippen LogP contribution is 2.21. The average molecular weight is 240 g/mol. The van der Waals surface area contributed by atoms with E-state index in [1.54, 1.807) is 0 Å². The van der Waals surface area contributed by atoms with Crippen molar-refractivity contribution in [2.45, 2.75) is 13.0 Å². The maximum Gasteiger partial charge on any atom is 0.0501 e. The number of nitrogens with one attached hydrogen (secondary N) is 1. The number of rotatable bonds is 3. The molecule has 0 spiro atoms. The molecule has 1 atom stereocenters. The van der Waals surface area contributed by atoms with Crippen LogP contribution >= 0.6 is 15.9 Å². The summed E-state index contributed by atoms with van der Waals surface area (Å²) < 4.78 is 1.15. The summed E-state index contributed by atoms with van der Waals surface area (Å²) in [4.78, 5) is 0. The van der Waals surface area contributed by atoms with Crippen molar-refractivity contribution in [3.05, 3.63) is 46.5 Å². The first-order valence-corrected chi connectivity index (χ1v) is 5.04. The fourth-order valence-electron chi connectivity index (χ4n) is 1.22. The Labute approximate surface area is 88.0 Å². The molecule has 0 fully saturated rings. The van der Waals surface area contributed by atoms with Crippen LogP contribution in [0.15, 0.2) is 35.3 Å². The van der Waals surface area contributed by atoms with Gasteiger partial charge in [0.1, 0.15) is 0 Å². The quantitative estimate of drug-likeness (QED) is 0.800. The second-order valence-electron chi connectivity index (χ2n) is 3.01. The minimum atomic E-state index is 0.233. The predicted molar refractivity (Wildman–Crippen MR) is 60.9 cm³/mol. The van der Waals surface area contributed by atoms with Gasteiger partial charge in [0.2, 0.25) is 0 Å². The number of halogens is 1. The van der Waals surface area contributed by atoms with E-state index < -0.39 is 0 Å². The summed E-state index contributed by atoms with van der Waals surface area (Å²) in [5.74, 6) is 0. The van der Waals surface area contributed by atoms with Gasteiger partial charge in [-0.25, -0.2) is 0 Å². The molecule has 1 N–H and O–H groups in total. The molecule has 1 aromatic rings. The Morgan fingerprint density at radius 2 is 2.23 bits per heavy atom. The van der Waals surface area contributed by atoms with Gasteiger partial charge in [-0.3, -0.25) is 0 Å². The monoisotopic (exact) mass is 239 g/mol. The first-order valence-electron chi connectivity index (χ1n) is 4.25. The molecule has 0 aliphatic heterocycles. The third kappa shape index (κ3) is 2.42. The second kappa shape index (κ2) is 4.58. The fourth-order valence-corrected chi connectivity index (χ4v) is 1.62. The van der Waals surface area contributed by atoms with E-state index in [0.717, 1.165) is 4.47 Å². The van der Waals surface area contributed by atoms with Crippen LogP contribution in [0.1, 0.15) is 17.2 Å². The van der Waals surface area contributed by atoms with Gasteiger partial charge in [0.25, 0.3) is 0 Å². The normalized spacial score (nSPS) is 12.5. The highest BCUT2D eigenvalue weighted by molar-refractivity contribution is 9.10. The van der Waals surface area contributed by atoms with Gasteiger partial charge in [0, 0.05) is 4.47 Å². The first-order chi connectivity index (χ1) is 6.19. The first kappa shape index (κ1) is 10.5. The van der Waals surface area contributed by atoms with Crippen LogP contribution in [0.2, 0.25) is 0 Å². The van der Waals surface area contributed by atoms with E-state index in [1.807, 2.05) is 13.1 Å². The van der Waals surface area contributed by atoms with Gasteiger partial charge in [-0.05, 0) is 31.2 Å². The highest BCUT2D eigenvalue weighted by Gasteiger charge is 2.05. The van der Waals surface area contributed by atoms with E-state index in [1.165, 1.54) is 11.1 Å². The lowest BCUT2D eigenvalue weighted by Crippen LogP contribution is -2.13. The van der Waals surface area contributed by atoms with E-state index >= 15 is 0 Å². The van der Waals surface area contributed by atoms with Crippen molar-refractivity contribution in [2.75, 3.05) is 7.05 Å². The largest absolute Gasteiger partial charge is 0.310 e. The van der Waals surface area contributed by atoms with Crippen LogP contribution in [0, 0.1) is 6.92 Å². The average Bonchev–Trinajstić information content (AvgIpc) is 2.13. The maximum atomic E-state index is 3.78. The summed E-state index contributed by atoms with van der Waals surface area (Å²) in [6.07, 6.45) is 1.90. The zero-order valence-corrected chi connectivity index (χ0v) is 9.56. The summed E-state index contributed by atoms with van der Waals surface area (Å²) in [6, 6.07) is 6.57. The number of hydrogen-bond acceptors (Lipinski definition) is 1. The van der Waals surface area contributed by atoms with E-state index in [2.05, 4.69) is 52.9 Å². The van der Waals surface area contributed by atoms with Gasteiger partial charge < -0.3 is 5.32 Å². The molecule has 70 valence electrons. The third-order valence-corrected chi connectivity index (χ3v) is 2.96. The topological polar surface area (TPSA) is 12.0 Å². The Balaban J connectivity index is 3.01. The van der Waals surface area contributed by atoms with Gasteiger partial charge in [0.15, 0.2) is 0 Å². The van der Waals surface area contributed by atoms with Gasteiger partial charge in [-0.15, -0.1) is 6.58 Å². The minimum Gasteiger partial charge on any atom is -0.310 e. The van der Waals surface area contributed by atoms with Gasteiger partial charge >= 0.3 is 0 Å². The molecular weight excluding hydrogens is 226 g/mol. The predicted octanol–water partition coefficient (Wildman–Crippen LogP) is 3.20. The van der Waals surface area contributed by atoms with Crippen molar-refractivity contribution in [3.8, 4) is 0 Å². The van der Waals surface area contributed by atoms with Crippen molar-refractivity contribution in [2.24, 2.45) is 0 Å². The van der Waals surface area contributed by atoms with Crippen molar-refractivity contribution in [1.82, 2.24) is 5.32 Å². The number of likely N-dealkylation sites (N-methyl/N-ethyl adjacent to an activating group) is 1. The van der Waals surface area contributed by atoms with E-state index in [9.17, 15) is 0 Å². The second-order valence-corrected chi connectivity index (χ2v) is 3.87. The zero-order chi connectivity index (χ0) is 9.84. The number of aryl methyl sites for hydroxylation is 1. The van der Waals surface area contributed by atoms with Crippen LogP contribution in [0.4, 0.5) is 0 Å². The van der Waals surface area contributed by atoms with Crippen molar-refractivity contribution < 1.29 is 0 Å². The zero-order valence-electron chi connectivity index (χ0n) is 7.97. The standard InChI is InChI=1S/C11H14BrN/c1-4-11(13-3)9-6-5-8(2)10(12)7-9/h4-7,11,13H,1H2,2-3H3. The maximum absolute atomic E-state index is 3.78. The molecule has 0 heterocycles. The Morgan fingerprint density at radius 1 is 1.54 bits per heavy atom. The Kier molecular flexibility index (Phi) is 3.70. The molecule has 0 radical (unpaired) electrons. The molecule has 0 aliphatic carbocycles. The molecular formula is C11H14BrN. The van der Waals surface area contributed by atoms with Crippen LogP contribution in [-0.4, -0.2) is 7.05 Å². The molecule has 0 saturated heterocycles. The highest BCUT2D eigenvalue weighted by atomic mass is 79.9. The summed E-state index contributed by atoms with van der Waals surface area (Å²) >= 11 is 3.51. The number of hydrogen-bond donors (Lipinski definition) is 1. The summed E-state index contributed by atoms with van der Waals surface area (Å²) in [6.45, 7) is 5.86. The molecule has 1 rings (SSSR count).